The molecule has 9 heteroatoms. The Bertz CT molecular complexity index is 517. The lowest BCUT2D eigenvalue weighted by atomic mass is 10.2. The van der Waals surface area contributed by atoms with Gasteiger partial charge in [0.25, 0.3) is 5.91 Å². The number of amides is 1. The van der Waals surface area contributed by atoms with Crippen molar-refractivity contribution in [1.82, 2.24) is 0 Å². The van der Waals surface area contributed by atoms with Crippen molar-refractivity contribution in [1.29, 1.82) is 0 Å². The van der Waals surface area contributed by atoms with Crippen LogP contribution >= 0.6 is 0 Å². The molecule has 0 unspecified atom stereocenters. The minimum absolute atomic E-state index is 0.263. The van der Waals surface area contributed by atoms with E-state index in [1.165, 1.54) is 24.3 Å². The zero-order valence-electron chi connectivity index (χ0n) is 10.1. The van der Waals surface area contributed by atoms with Crippen molar-refractivity contribution >= 4 is 17.7 Å². The molecule has 1 rings (SSSR count). The summed E-state index contributed by atoms with van der Waals surface area (Å²) in [5.74, 6) is -2.34. The van der Waals surface area contributed by atoms with Gasteiger partial charge in [0, 0.05) is 5.56 Å². The zero-order valence-corrected chi connectivity index (χ0v) is 10.1. The maximum Gasteiger partial charge on any atom is 0.400 e. The van der Waals surface area contributed by atoms with Crippen LogP contribution in [-0.4, -0.2) is 30.7 Å². The molecule has 0 aliphatic carbocycles. The highest BCUT2D eigenvalue weighted by molar-refractivity contribution is 5.97. The predicted molar refractivity (Wildman–Crippen MR) is 64.0 cm³/mol. The van der Waals surface area contributed by atoms with Crippen molar-refractivity contribution in [3.8, 4) is 5.75 Å². The molecule has 1 aromatic rings. The first-order valence-electron chi connectivity index (χ1n) is 5.24. The van der Waals surface area contributed by atoms with Gasteiger partial charge in [-0.15, -0.1) is 0 Å². The summed E-state index contributed by atoms with van der Waals surface area (Å²) in [5.41, 5.74) is 10.6. The molecule has 4 N–H and O–H groups in total. The molecule has 0 heterocycles. The fraction of sp³-hybridized carbons (Fsp3) is 0.182. The molecular formula is C11H11F2N3O4. The number of hydrogen-bond donors (Lipinski definition) is 2. The van der Waals surface area contributed by atoms with Crippen molar-refractivity contribution in [2.75, 3.05) is 6.61 Å². The maximum atomic E-state index is 11.8. The number of primary amides is 1. The third kappa shape index (κ3) is 4.88. The molecular weight excluding hydrogens is 276 g/mol. The van der Waals surface area contributed by atoms with Crippen LogP contribution in [-0.2, 0) is 14.4 Å². The highest BCUT2D eigenvalue weighted by Gasteiger charge is 2.17. The number of halogens is 2. The molecule has 0 fully saturated rings. The summed E-state index contributed by atoms with van der Waals surface area (Å²) in [4.78, 5) is 24.9. The summed E-state index contributed by atoms with van der Waals surface area (Å²) in [7, 11) is 0. The summed E-state index contributed by atoms with van der Waals surface area (Å²) in [5, 5.41) is 3.07. The van der Waals surface area contributed by atoms with Crippen LogP contribution in [0.4, 0.5) is 8.78 Å². The summed E-state index contributed by atoms with van der Waals surface area (Å²) in [6.07, 6.45) is -3.28. The van der Waals surface area contributed by atoms with E-state index in [0.29, 0.717) is 11.3 Å². The van der Waals surface area contributed by atoms with Gasteiger partial charge in [0.1, 0.15) is 5.75 Å². The number of rotatable bonds is 6. The minimum Gasteiger partial charge on any atom is -0.484 e. The van der Waals surface area contributed by atoms with E-state index in [9.17, 15) is 18.4 Å². The molecule has 0 saturated carbocycles. The van der Waals surface area contributed by atoms with Gasteiger partial charge >= 0.3 is 12.4 Å². The molecule has 0 aromatic heterocycles. The Labute approximate surface area is 112 Å². The van der Waals surface area contributed by atoms with E-state index in [-0.39, 0.29) is 12.4 Å². The van der Waals surface area contributed by atoms with E-state index in [1.54, 1.807) is 0 Å². The van der Waals surface area contributed by atoms with Gasteiger partial charge in [-0.25, -0.2) is 4.79 Å². The highest BCUT2D eigenvalue weighted by Crippen LogP contribution is 2.12. The average molecular weight is 287 g/mol. The van der Waals surface area contributed by atoms with Gasteiger partial charge in [-0.2, -0.15) is 8.78 Å². The van der Waals surface area contributed by atoms with Crippen molar-refractivity contribution in [3.05, 3.63) is 29.8 Å². The Morgan fingerprint density at radius 2 is 1.80 bits per heavy atom. The fourth-order valence-corrected chi connectivity index (χ4v) is 1.06. The third-order valence-electron chi connectivity index (χ3n) is 1.94. The van der Waals surface area contributed by atoms with Gasteiger partial charge in [-0.1, -0.05) is 5.16 Å². The topological polar surface area (TPSA) is 117 Å². The average Bonchev–Trinajstić information content (AvgIpc) is 2.42. The molecule has 0 atom stereocenters. The van der Waals surface area contributed by atoms with Gasteiger partial charge in [0.15, 0.2) is 12.4 Å². The van der Waals surface area contributed by atoms with E-state index >= 15 is 0 Å². The van der Waals surface area contributed by atoms with Gasteiger partial charge in [-0.05, 0) is 24.3 Å². The van der Waals surface area contributed by atoms with E-state index in [0.717, 1.165) is 0 Å². The summed E-state index contributed by atoms with van der Waals surface area (Å²) >= 11 is 0. The second-order valence-corrected chi connectivity index (χ2v) is 3.47. The standard InChI is InChI=1S/C11H11F2N3O4/c12-9(13)11(18)20-16-10(15)6-1-3-7(4-2-6)19-5-8(14)17/h1-4,9H,5H2,(H2,14,17)(H2,15,16). The summed E-state index contributed by atoms with van der Waals surface area (Å²) < 4.78 is 28.7. The van der Waals surface area contributed by atoms with Crippen LogP contribution in [0.3, 0.4) is 0 Å². The first-order valence-corrected chi connectivity index (χ1v) is 5.24. The Morgan fingerprint density at radius 3 is 2.30 bits per heavy atom. The van der Waals surface area contributed by atoms with E-state index in [2.05, 4.69) is 9.99 Å². The molecule has 0 saturated heterocycles. The normalized spacial score (nSPS) is 11.2. The van der Waals surface area contributed by atoms with Crippen LogP contribution in [0.15, 0.2) is 29.4 Å². The molecule has 0 spiro atoms. The number of alkyl halides is 2. The van der Waals surface area contributed by atoms with E-state index in [1.807, 2.05) is 0 Å². The molecule has 108 valence electrons. The fourth-order valence-electron chi connectivity index (χ4n) is 1.06. The zero-order chi connectivity index (χ0) is 15.1. The van der Waals surface area contributed by atoms with Crippen molar-refractivity contribution in [2.45, 2.75) is 6.43 Å². The Hall–Kier alpha value is -2.71. The lowest BCUT2D eigenvalue weighted by molar-refractivity contribution is -0.156. The Balaban J connectivity index is 2.65. The summed E-state index contributed by atoms with van der Waals surface area (Å²) in [6, 6.07) is 5.78. The highest BCUT2D eigenvalue weighted by atomic mass is 19.3. The molecule has 1 amide bonds. The second kappa shape index (κ2) is 7.02. The SMILES string of the molecule is NC(=O)COc1ccc(/C(N)=N/OC(=O)C(F)F)cc1. The minimum atomic E-state index is -3.28. The smallest absolute Gasteiger partial charge is 0.400 e. The van der Waals surface area contributed by atoms with Crippen molar-refractivity contribution in [2.24, 2.45) is 16.6 Å². The number of nitrogens with two attached hydrogens (primary N) is 2. The molecule has 0 aliphatic rings. The number of amidine groups is 1. The monoisotopic (exact) mass is 287 g/mol. The lowest BCUT2D eigenvalue weighted by Crippen LogP contribution is -2.20. The van der Waals surface area contributed by atoms with Gasteiger partial charge < -0.3 is 21.0 Å². The van der Waals surface area contributed by atoms with Crippen LogP contribution < -0.4 is 16.2 Å². The predicted octanol–water partition coefficient (Wildman–Crippen LogP) is -0.0207. The molecule has 0 radical (unpaired) electrons. The van der Waals surface area contributed by atoms with Gasteiger partial charge in [0.2, 0.25) is 0 Å². The first-order chi connectivity index (χ1) is 9.40. The lowest BCUT2D eigenvalue weighted by Gasteiger charge is -2.05. The number of carbonyl (C=O) groups is 2. The van der Waals surface area contributed by atoms with Gasteiger partial charge in [-0.3, -0.25) is 4.79 Å². The quantitative estimate of drug-likeness (QED) is 0.330. The number of nitrogens with zero attached hydrogens (tertiary/aromatic N) is 1. The van der Waals surface area contributed by atoms with E-state index < -0.39 is 18.3 Å². The largest absolute Gasteiger partial charge is 0.484 e. The van der Waals surface area contributed by atoms with Crippen LogP contribution in [0.1, 0.15) is 5.56 Å². The molecule has 1 aromatic carbocycles. The number of ether oxygens (including phenoxy) is 1. The van der Waals surface area contributed by atoms with Crippen LogP contribution in [0.25, 0.3) is 0 Å². The van der Waals surface area contributed by atoms with Crippen LogP contribution in [0, 0.1) is 0 Å². The summed E-state index contributed by atoms with van der Waals surface area (Å²) in [6.45, 7) is -0.283. The van der Waals surface area contributed by atoms with E-state index in [4.69, 9.17) is 16.2 Å². The second-order valence-electron chi connectivity index (χ2n) is 3.47. The number of benzene rings is 1. The first kappa shape index (κ1) is 15.3. The molecule has 7 nitrogen and oxygen atoms in total. The number of oxime groups is 1. The van der Waals surface area contributed by atoms with Crippen molar-refractivity contribution in [3.63, 3.8) is 0 Å². The van der Waals surface area contributed by atoms with Crippen LogP contribution in [0.2, 0.25) is 0 Å². The van der Waals surface area contributed by atoms with Gasteiger partial charge in [0.05, 0.1) is 0 Å². The Morgan fingerprint density at radius 1 is 1.20 bits per heavy atom. The van der Waals surface area contributed by atoms with Crippen LogP contribution in [0.5, 0.6) is 5.75 Å². The molecule has 20 heavy (non-hydrogen) atoms. The maximum absolute atomic E-state index is 11.8. The Kier molecular flexibility index (Phi) is 5.39. The number of hydrogen-bond acceptors (Lipinski definition) is 5. The third-order valence-corrected chi connectivity index (χ3v) is 1.94. The number of carbonyl (C=O) groups excluding carboxylic acids is 2. The molecule has 0 aliphatic heterocycles. The van der Waals surface area contributed by atoms with Crippen molar-refractivity contribution < 1.29 is 27.9 Å². The molecule has 0 bridgehead atoms.